The molecule has 1 rings (SSSR count). The van der Waals surface area contributed by atoms with Gasteiger partial charge in [0.2, 0.25) is 0 Å². The number of rotatable bonds is 3. The molecule has 0 aliphatic heterocycles. The minimum absolute atomic E-state index is 0.181. The number of halogens is 2. The van der Waals surface area contributed by atoms with Gasteiger partial charge in [0, 0.05) is 6.54 Å². The zero-order valence-corrected chi connectivity index (χ0v) is 8.91. The molecule has 0 aliphatic carbocycles. The molecule has 1 aromatic rings. The van der Waals surface area contributed by atoms with Gasteiger partial charge in [-0.1, -0.05) is 0 Å². The number of carbonyl (C=O) groups is 1. The van der Waals surface area contributed by atoms with E-state index in [-0.39, 0.29) is 23.5 Å². The second-order valence-corrected chi connectivity index (χ2v) is 3.02. The number of nitriles is 1. The maximum absolute atomic E-state index is 12.7. The van der Waals surface area contributed by atoms with Crippen molar-refractivity contribution in [1.82, 2.24) is 4.98 Å². The Morgan fingerprint density at radius 3 is 2.76 bits per heavy atom. The minimum atomic E-state index is -2.87. The Morgan fingerprint density at radius 2 is 2.35 bits per heavy atom. The number of aromatic nitrogens is 1. The van der Waals surface area contributed by atoms with Crippen LogP contribution in [0.5, 0.6) is 0 Å². The van der Waals surface area contributed by atoms with Crippen molar-refractivity contribution in [3.63, 3.8) is 0 Å². The summed E-state index contributed by atoms with van der Waals surface area (Å²) in [6.45, 7) is -0.292. The first-order chi connectivity index (χ1) is 8.04. The quantitative estimate of drug-likeness (QED) is 0.801. The van der Waals surface area contributed by atoms with Crippen LogP contribution in [-0.4, -0.2) is 18.1 Å². The summed E-state index contributed by atoms with van der Waals surface area (Å²) in [6.07, 6.45) is -2.87. The highest BCUT2D eigenvalue weighted by Gasteiger charge is 2.22. The van der Waals surface area contributed by atoms with Crippen LogP contribution in [0, 0.1) is 11.3 Å². The number of ether oxygens (including phenoxy) is 1. The summed E-state index contributed by atoms with van der Waals surface area (Å²) >= 11 is 0. The summed E-state index contributed by atoms with van der Waals surface area (Å²) in [5, 5.41) is 8.76. The van der Waals surface area contributed by atoms with Gasteiger partial charge in [0.15, 0.2) is 0 Å². The molecular formula is C10H9F2N3O2. The first-order valence-corrected chi connectivity index (χ1v) is 4.55. The lowest BCUT2D eigenvalue weighted by molar-refractivity contribution is 0.0593. The SMILES string of the molecule is COC(=O)c1cc(C#N)c(C(F)F)c(CN)n1. The van der Waals surface area contributed by atoms with E-state index in [9.17, 15) is 13.6 Å². The Labute approximate surface area is 95.8 Å². The summed E-state index contributed by atoms with van der Waals surface area (Å²) in [6, 6.07) is 2.55. The number of alkyl halides is 2. The highest BCUT2D eigenvalue weighted by atomic mass is 19.3. The molecule has 0 aromatic carbocycles. The van der Waals surface area contributed by atoms with Crippen molar-refractivity contribution in [1.29, 1.82) is 5.26 Å². The number of nitrogens with two attached hydrogens (primary N) is 1. The molecule has 17 heavy (non-hydrogen) atoms. The van der Waals surface area contributed by atoms with E-state index in [0.29, 0.717) is 0 Å². The molecule has 0 unspecified atom stereocenters. The smallest absolute Gasteiger partial charge is 0.356 e. The van der Waals surface area contributed by atoms with Crippen LogP contribution < -0.4 is 5.73 Å². The minimum Gasteiger partial charge on any atom is -0.464 e. The average Bonchev–Trinajstić information content (AvgIpc) is 2.35. The van der Waals surface area contributed by atoms with Crippen molar-refractivity contribution >= 4 is 5.97 Å². The number of methoxy groups -OCH3 is 1. The van der Waals surface area contributed by atoms with Gasteiger partial charge < -0.3 is 10.5 Å². The van der Waals surface area contributed by atoms with Gasteiger partial charge in [-0.05, 0) is 6.07 Å². The van der Waals surface area contributed by atoms with Crippen LogP contribution in [-0.2, 0) is 11.3 Å². The van der Waals surface area contributed by atoms with Crippen molar-refractivity contribution in [2.75, 3.05) is 7.11 Å². The Balaban J connectivity index is 3.46. The number of nitrogens with zero attached hydrogens (tertiary/aromatic N) is 2. The topological polar surface area (TPSA) is 89.0 Å². The van der Waals surface area contributed by atoms with Crippen LogP contribution in [0.4, 0.5) is 8.78 Å². The zero-order valence-electron chi connectivity index (χ0n) is 8.91. The number of esters is 1. The van der Waals surface area contributed by atoms with E-state index < -0.39 is 18.0 Å². The average molecular weight is 241 g/mol. The predicted molar refractivity (Wildman–Crippen MR) is 53.1 cm³/mol. The van der Waals surface area contributed by atoms with Gasteiger partial charge >= 0.3 is 5.97 Å². The fraction of sp³-hybridized carbons (Fsp3) is 0.300. The molecule has 1 heterocycles. The second-order valence-electron chi connectivity index (χ2n) is 3.02. The molecule has 0 radical (unpaired) electrons. The lowest BCUT2D eigenvalue weighted by atomic mass is 10.1. The van der Waals surface area contributed by atoms with Crippen LogP contribution in [0.1, 0.15) is 33.7 Å². The Kier molecular flexibility index (Phi) is 4.06. The van der Waals surface area contributed by atoms with Crippen molar-refractivity contribution in [2.45, 2.75) is 13.0 Å². The fourth-order valence-electron chi connectivity index (χ4n) is 1.31. The molecule has 0 fully saturated rings. The third kappa shape index (κ3) is 2.54. The first-order valence-electron chi connectivity index (χ1n) is 4.55. The second kappa shape index (κ2) is 5.32. The van der Waals surface area contributed by atoms with Crippen LogP contribution >= 0.6 is 0 Å². The van der Waals surface area contributed by atoms with Gasteiger partial charge in [-0.15, -0.1) is 0 Å². The molecule has 0 saturated carbocycles. The van der Waals surface area contributed by atoms with Gasteiger partial charge in [0.05, 0.1) is 30.0 Å². The fourth-order valence-corrected chi connectivity index (χ4v) is 1.31. The number of hydrogen-bond donors (Lipinski definition) is 1. The maximum Gasteiger partial charge on any atom is 0.356 e. The summed E-state index contributed by atoms with van der Waals surface area (Å²) in [5.74, 6) is -0.808. The van der Waals surface area contributed by atoms with E-state index in [0.717, 1.165) is 13.2 Å². The van der Waals surface area contributed by atoms with Crippen LogP contribution in [0.2, 0.25) is 0 Å². The van der Waals surface area contributed by atoms with Crippen molar-refractivity contribution in [3.8, 4) is 6.07 Å². The summed E-state index contributed by atoms with van der Waals surface area (Å²) in [4.78, 5) is 14.9. The van der Waals surface area contributed by atoms with E-state index in [1.54, 1.807) is 6.07 Å². The molecule has 1 aromatic heterocycles. The lowest BCUT2D eigenvalue weighted by Crippen LogP contribution is -2.13. The van der Waals surface area contributed by atoms with E-state index in [2.05, 4.69) is 9.72 Å². The van der Waals surface area contributed by atoms with E-state index in [1.165, 1.54) is 0 Å². The summed E-state index contributed by atoms with van der Waals surface area (Å²) in [7, 11) is 1.12. The third-order valence-electron chi connectivity index (χ3n) is 2.06. The maximum atomic E-state index is 12.7. The lowest BCUT2D eigenvalue weighted by Gasteiger charge is -2.09. The summed E-state index contributed by atoms with van der Waals surface area (Å²) in [5.41, 5.74) is 4.01. The van der Waals surface area contributed by atoms with Crippen LogP contribution in [0.3, 0.4) is 0 Å². The van der Waals surface area contributed by atoms with E-state index in [1.807, 2.05) is 0 Å². The van der Waals surface area contributed by atoms with E-state index >= 15 is 0 Å². The molecule has 0 saturated heterocycles. The van der Waals surface area contributed by atoms with Gasteiger partial charge in [-0.25, -0.2) is 18.6 Å². The molecule has 0 amide bonds. The van der Waals surface area contributed by atoms with Gasteiger partial charge in [-0.2, -0.15) is 5.26 Å². The third-order valence-corrected chi connectivity index (χ3v) is 2.06. The van der Waals surface area contributed by atoms with E-state index in [4.69, 9.17) is 11.0 Å². The molecule has 5 nitrogen and oxygen atoms in total. The normalized spacial score (nSPS) is 10.1. The van der Waals surface area contributed by atoms with Gasteiger partial charge in [0.25, 0.3) is 6.43 Å². The van der Waals surface area contributed by atoms with Crippen molar-refractivity contribution in [3.05, 3.63) is 28.6 Å². The first kappa shape index (κ1) is 13.0. The van der Waals surface area contributed by atoms with Gasteiger partial charge in [0.1, 0.15) is 5.69 Å². The number of pyridine rings is 1. The molecule has 90 valence electrons. The van der Waals surface area contributed by atoms with Crippen molar-refractivity contribution in [2.24, 2.45) is 5.73 Å². The molecular weight excluding hydrogens is 232 g/mol. The Morgan fingerprint density at radius 1 is 1.71 bits per heavy atom. The highest BCUT2D eigenvalue weighted by Crippen LogP contribution is 2.26. The molecule has 0 spiro atoms. The molecule has 0 atom stereocenters. The molecule has 7 heteroatoms. The van der Waals surface area contributed by atoms with Gasteiger partial charge in [-0.3, -0.25) is 0 Å². The number of carbonyl (C=O) groups excluding carboxylic acids is 1. The largest absolute Gasteiger partial charge is 0.464 e. The zero-order chi connectivity index (χ0) is 13.0. The molecule has 0 aliphatic rings. The van der Waals surface area contributed by atoms with Crippen LogP contribution in [0.15, 0.2) is 6.07 Å². The molecule has 0 bridgehead atoms. The molecule has 2 N–H and O–H groups in total. The Hall–Kier alpha value is -2.07. The highest BCUT2D eigenvalue weighted by molar-refractivity contribution is 5.87. The monoisotopic (exact) mass is 241 g/mol. The Bertz CT molecular complexity index is 483. The standard InChI is InChI=1S/C10H9F2N3O2/c1-17-10(16)6-2-5(3-13)8(9(11)12)7(4-14)15-6/h2,9H,4,14H2,1H3. The predicted octanol–water partition coefficient (Wildman–Crippen LogP) is 1.14. The van der Waals surface area contributed by atoms with Crippen LogP contribution in [0.25, 0.3) is 0 Å². The number of hydrogen-bond acceptors (Lipinski definition) is 5. The van der Waals surface area contributed by atoms with Crippen molar-refractivity contribution < 1.29 is 18.3 Å². The summed E-state index contributed by atoms with van der Waals surface area (Å²) < 4.78 is 29.8.